The second-order valence-corrected chi connectivity index (χ2v) is 9.42. The number of nitrogens with zero attached hydrogens (tertiary/aromatic N) is 3. The molecule has 1 N–H and O–H groups in total. The third kappa shape index (κ3) is 6.09. The van der Waals surface area contributed by atoms with Gasteiger partial charge in [0.25, 0.3) is 0 Å². The molecule has 0 aliphatic rings. The summed E-state index contributed by atoms with van der Waals surface area (Å²) in [7, 11) is 1.57. The molecule has 7 nitrogen and oxygen atoms in total. The van der Waals surface area contributed by atoms with Gasteiger partial charge in [0.05, 0.1) is 16.8 Å². The van der Waals surface area contributed by atoms with Crippen LogP contribution in [0.4, 0.5) is 17.6 Å². The summed E-state index contributed by atoms with van der Waals surface area (Å²) in [5.41, 5.74) is 1.45. The van der Waals surface area contributed by atoms with Gasteiger partial charge in [0.1, 0.15) is 29.6 Å². The number of benzene rings is 3. The average Bonchev–Trinajstić information content (AvgIpc) is 3.24. The third-order valence-electron chi connectivity index (χ3n) is 6.32. The number of carbonyl (C=O) groups is 1. The zero-order valence-corrected chi connectivity index (χ0v) is 22.0. The molecule has 3 aromatic carbocycles. The summed E-state index contributed by atoms with van der Waals surface area (Å²) < 4.78 is 66.8. The summed E-state index contributed by atoms with van der Waals surface area (Å²) in [5.74, 6) is -2.27. The Bertz CT molecular complexity index is 1780. The topological polar surface area (TPSA) is 86.5 Å². The van der Waals surface area contributed by atoms with Crippen LogP contribution >= 0.6 is 11.6 Å². The van der Waals surface area contributed by atoms with Crippen LogP contribution in [-0.4, -0.2) is 32.2 Å². The normalized spacial score (nSPS) is 11.3. The van der Waals surface area contributed by atoms with Gasteiger partial charge in [0.2, 0.25) is 5.88 Å². The first-order chi connectivity index (χ1) is 19.6. The number of fused-ring (bicyclic) bond motifs is 1. The number of hydrogen-bond acceptors (Lipinski definition) is 5. The summed E-state index contributed by atoms with van der Waals surface area (Å²) >= 11 is 5.78. The van der Waals surface area contributed by atoms with Crippen molar-refractivity contribution in [1.29, 1.82) is 0 Å². The van der Waals surface area contributed by atoms with Crippen molar-refractivity contribution in [2.75, 3.05) is 0 Å². The average molecular weight is 586 g/mol. The lowest BCUT2D eigenvalue weighted by molar-refractivity contribution is -0.0489. The number of ether oxygens (including phenoxy) is 2. The Morgan fingerprint density at radius 2 is 1.76 bits per heavy atom. The number of carboxylic acid groups (broad SMARTS) is 1. The monoisotopic (exact) mass is 585 g/mol. The van der Waals surface area contributed by atoms with E-state index >= 15 is 4.39 Å². The Balaban J connectivity index is 1.38. The molecule has 41 heavy (non-hydrogen) atoms. The van der Waals surface area contributed by atoms with Crippen molar-refractivity contribution in [3.63, 3.8) is 0 Å². The molecule has 0 saturated heterocycles. The van der Waals surface area contributed by atoms with Crippen LogP contribution in [0.25, 0.3) is 22.3 Å². The Morgan fingerprint density at radius 3 is 2.46 bits per heavy atom. The SMILES string of the molecule is Cn1c(Cc2ccc(-c3cccc(OCc4ccc(Cl)cc4F)n3)cc2F)nc2c(OC(F)F)cc(C(=O)O)cc21. The van der Waals surface area contributed by atoms with Crippen LogP contribution < -0.4 is 9.47 Å². The molecule has 12 heteroatoms. The number of aromatic nitrogens is 3. The highest BCUT2D eigenvalue weighted by Crippen LogP contribution is 2.31. The van der Waals surface area contributed by atoms with Crippen LogP contribution in [0, 0.1) is 11.6 Å². The molecular formula is C29H20ClF4N3O4. The molecule has 0 fully saturated rings. The molecule has 5 aromatic rings. The van der Waals surface area contributed by atoms with E-state index in [1.54, 1.807) is 43.4 Å². The van der Waals surface area contributed by atoms with Crippen LogP contribution in [0.3, 0.4) is 0 Å². The van der Waals surface area contributed by atoms with Crippen molar-refractivity contribution in [3.8, 4) is 22.9 Å². The molecule has 2 aromatic heterocycles. The van der Waals surface area contributed by atoms with E-state index in [2.05, 4.69) is 14.7 Å². The van der Waals surface area contributed by atoms with E-state index in [0.29, 0.717) is 22.6 Å². The number of aromatic carboxylic acids is 1. The van der Waals surface area contributed by atoms with Gasteiger partial charge in [-0.05, 0) is 42.0 Å². The summed E-state index contributed by atoms with van der Waals surface area (Å²) in [4.78, 5) is 20.2. The summed E-state index contributed by atoms with van der Waals surface area (Å²) in [6.07, 6.45) is -0.0168. The Hall–Kier alpha value is -4.64. The quantitative estimate of drug-likeness (QED) is 0.187. The zero-order chi connectivity index (χ0) is 29.3. The van der Waals surface area contributed by atoms with Crippen molar-refractivity contribution in [3.05, 3.63) is 106 Å². The predicted molar refractivity (Wildman–Crippen MR) is 142 cm³/mol. The third-order valence-corrected chi connectivity index (χ3v) is 6.55. The van der Waals surface area contributed by atoms with Crippen molar-refractivity contribution in [2.24, 2.45) is 7.05 Å². The molecule has 0 aliphatic heterocycles. The van der Waals surface area contributed by atoms with Gasteiger partial charge in [0.15, 0.2) is 5.75 Å². The molecule has 0 saturated carbocycles. The molecule has 0 radical (unpaired) electrons. The van der Waals surface area contributed by atoms with E-state index in [0.717, 1.165) is 6.07 Å². The maximum Gasteiger partial charge on any atom is 0.387 e. The maximum absolute atomic E-state index is 15.2. The van der Waals surface area contributed by atoms with E-state index in [4.69, 9.17) is 16.3 Å². The first kappa shape index (κ1) is 27.9. The van der Waals surface area contributed by atoms with Crippen LogP contribution in [0.1, 0.15) is 27.3 Å². The van der Waals surface area contributed by atoms with Gasteiger partial charge in [-0.1, -0.05) is 35.9 Å². The predicted octanol–water partition coefficient (Wildman–Crippen LogP) is 7.04. The molecule has 0 atom stereocenters. The second kappa shape index (κ2) is 11.5. The Kier molecular flexibility index (Phi) is 7.80. The smallest absolute Gasteiger partial charge is 0.387 e. The van der Waals surface area contributed by atoms with Gasteiger partial charge in [-0.2, -0.15) is 8.78 Å². The Labute approximate surface area is 235 Å². The zero-order valence-electron chi connectivity index (χ0n) is 21.2. The van der Waals surface area contributed by atoms with E-state index in [-0.39, 0.29) is 51.8 Å². The fourth-order valence-electron chi connectivity index (χ4n) is 4.24. The molecular weight excluding hydrogens is 566 g/mol. The number of hydrogen-bond donors (Lipinski definition) is 1. The minimum Gasteiger partial charge on any atom is -0.478 e. The van der Waals surface area contributed by atoms with Crippen LogP contribution in [0.5, 0.6) is 11.6 Å². The highest BCUT2D eigenvalue weighted by atomic mass is 35.5. The van der Waals surface area contributed by atoms with Gasteiger partial charge in [0, 0.05) is 35.7 Å². The standard InChI is InChI=1S/C29H20ClF4N3O4/c1-37-23-10-18(28(38)39)11-24(41-29(33)34)27(23)36-25(37)12-15-5-6-16(9-20(15)31)22-3-2-4-26(35-22)40-14-17-7-8-19(30)13-21(17)32/h2-11,13,29H,12,14H2,1H3,(H,38,39). The summed E-state index contributed by atoms with van der Waals surface area (Å²) in [6.45, 7) is -3.27. The van der Waals surface area contributed by atoms with Crippen molar-refractivity contribution >= 4 is 28.6 Å². The first-order valence-corrected chi connectivity index (χ1v) is 12.5. The van der Waals surface area contributed by atoms with E-state index < -0.39 is 24.2 Å². The molecule has 5 rings (SSSR count). The number of aryl methyl sites for hydroxylation is 1. The first-order valence-electron chi connectivity index (χ1n) is 12.1. The number of imidazole rings is 1. The molecule has 0 aliphatic carbocycles. The number of halogens is 5. The summed E-state index contributed by atoms with van der Waals surface area (Å²) in [6, 6.07) is 15.9. The molecule has 0 spiro atoms. The lowest BCUT2D eigenvalue weighted by Crippen LogP contribution is -2.05. The van der Waals surface area contributed by atoms with E-state index in [1.807, 2.05) is 0 Å². The highest BCUT2D eigenvalue weighted by molar-refractivity contribution is 6.30. The number of rotatable bonds is 9. The number of pyridine rings is 1. The Morgan fingerprint density at radius 1 is 1.00 bits per heavy atom. The summed E-state index contributed by atoms with van der Waals surface area (Å²) in [5, 5.41) is 9.63. The fraction of sp³-hybridized carbons (Fsp3) is 0.138. The minimum absolute atomic E-state index is 0.0168. The molecule has 2 heterocycles. The van der Waals surface area contributed by atoms with Gasteiger partial charge in [-0.3, -0.25) is 0 Å². The fourth-order valence-corrected chi connectivity index (χ4v) is 4.40. The van der Waals surface area contributed by atoms with Crippen LogP contribution in [0.15, 0.2) is 66.7 Å². The second-order valence-electron chi connectivity index (χ2n) is 8.98. The van der Waals surface area contributed by atoms with Gasteiger partial charge < -0.3 is 19.1 Å². The van der Waals surface area contributed by atoms with Crippen molar-refractivity contribution in [2.45, 2.75) is 19.6 Å². The van der Waals surface area contributed by atoms with Gasteiger partial charge in [-0.15, -0.1) is 0 Å². The molecule has 0 bridgehead atoms. The molecule has 0 amide bonds. The van der Waals surface area contributed by atoms with Crippen molar-refractivity contribution in [1.82, 2.24) is 14.5 Å². The van der Waals surface area contributed by atoms with Gasteiger partial charge in [-0.25, -0.2) is 23.5 Å². The molecule has 0 unspecified atom stereocenters. The largest absolute Gasteiger partial charge is 0.478 e. The van der Waals surface area contributed by atoms with Crippen molar-refractivity contribution < 1.29 is 36.9 Å². The van der Waals surface area contributed by atoms with E-state index in [1.165, 1.54) is 28.8 Å². The molecule has 210 valence electrons. The van der Waals surface area contributed by atoms with E-state index in [9.17, 15) is 23.1 Å². The number of carboxylic acids is 1. The van der Waals surface area contributed by atoms with Gasteiger partial charge >= 0.3 is 12.6 Å². The maximum atomic E-state index is 15.2. The van der Waals surface area contributed by atoms with Crippen LogP contribution in [0.2, 0.25) is 5.02 Å². The minimum atomic E-state index is -3.19. The highest BCUT2D eigenvalue weighted by Gasteiger charge is 2.20. The lowest BCUT2D eigenvalue weighted by Gasteiger charge is -2.10. The number of alkyl halides is 2. The lowest BCUT2D eigenvalue weighted by atomic mass is 10.1. The van der Waals surface area contributed by atoms with Crippen LogP contribution in [-0.2, 0) is 20.1 Å².